The second kappa shape index (κ2) is 8.22. The summed E-state index contributed by atoms with van der Waals surface area (Å²) < 4.78 is 5.26. The molecule has 142 valence electrons. The molecule has 6 nitrogen and oxygen atoms in total. The fraction of sp³-hybridized carbons (Fsp3) is 0.333. The van der Waals surface area contributed by atoms with E-state index in [2.05, 4.69) is 5.32 Å². The predicted molar refractivity (Wildman–Crippen MR) is 106 cm³/mol. The Bertz CT molecular complexity index is 837. The lowest BCUT2D eigenvalue weighted by molar-refractivity contribution is -0.120. The Morgan fingerprint density at radius 3 is 2.81 bits per heavy atom. The molecule has 0 aromatic heterocycles. The number of fused-ring (bicyclic) bond motifs is 1. The number of nitrogens with one attached hydrogen (secondary N) is 1. The number of benzene rings is 2. The highest BCUT2D eigenvalue weighted by Crippen LogP contribution is 2.31. The number of nitrogens with zero attached hydrogens (tertiary/aromatic N) is 2. The van der Waals surface area contributed by atoms with Crippen LogP contribution in [0.3, 0.4) is 0 Å². The third kappa shape index (κ3) is 4.46. The van der Waals surface area contributed by atoms with Gasteiger partial charge in [-0.1, -0.05) is 24.3 Å². The summed E-state index contributed by atoms with van der Waals surface area (Å²) in [6.45, 7) is 2.79. The van der Waals surface area contributed by atoms with Gasteiger partial charge < -0.3 is 15.0 Å². The molecule has 2 aromatic carbocycles. The van der Waals surface area contributed by atoms with E-state index in [0.29, 0.717) is 12.2 Å². The van der Waals surface area contributed by atoms with E-state index in [4.69, 9.17) is 4.74 Å². The van der Waals surface area contributed by atoms with Crippen molar-refractivity contribution in [1.82, 2.24) is 4.90 Å². The lowest BCUT2D eigenvalue weighted by Crippen LogP contribution is -2.44. The molecule has 27 heavy (non-hydrogen) atoms. The van der Waals surface area contributed by atoms with Gasteiger partial charge in [-0.15, -0.1) is 0 Å². The molecule has 0 saturated heterocycles. The van der Waals surface area contributed by atoms with Crippen molar-refractivity contribution in [2.45, 2.75) is 25.9 Å². The third-order valence-corrected chi connectivity index (χ3v) is 4.62. The van der Waals surface area contributed by atoms with Crippen LogP contribution in [-0.2, 0) is 16.1 Å². The Hall–Kier alpha value is -2.86. The minimum Gasteiger partial charge on any atom is -0.497 e. The van der Waals surface area contributed by atoms with Gasteiger partial charge in [-0.3, -0.25) is 14.5 Å². The summed E-state index contributed by atoms with van der Waals surface area (Å²) in [4.78, 5) is 28.8. The molecular weight excluding hydrogens is 342 g/mol. The van der Waals surface area contributed by atoms with Gasteiger partial charge in [-0.2, -0.15) is 0 Å². The molecule has 0 bridgehead atoms. The molecule has 0 fully saturated rings. The van der Waals surface area contributed by atoms with Crippen LogP contribution in [0.1, 0.15) is 18.9 Å². The number of anilines is 2. The van der Waals surface area contributed by atoms with Crippen LogP contribution in [-0.4, -0.2) is 43.5 Å². The first-order valence-corrected chi connectivity index (χ1v) is 9.00. The molecule has 0 aliphatic carbocycles. The van der Waals surface area contributed by atoms with Gasteiger partial charge in [0.25, 0.3) is 0 Å². The molecule has 0 saturated carbocycles. The minimum absolute atomic E-state index is 0.0307. The van der Waals surface area contributed by atoms with Crippen LogP contribution in [0.25, 0.3) is 0 Å². The number of para-hydroxylation sites is 2. The van der Waals surface area contributed by atoms with E-state index in [1.165, 1.54) is 0 Å². The fourth-order valence-electron chi connectivity index (χ4n) is 3.41. The Morgan fingerprint density at radius 1 is 1.26 bits per heavy atom. The molecule has 1 heterocycles. The second-order valence-electron chi connectivity index (χ2n) is 6.91. The molecule has 6 heteroatoms. The van der Waals surface area contributed by atoms with Crippen molar-refractivity contribution in [1.29, 1.82) is 0 Å². The lowest BCUT2D eigenvalue weighted by Gasteiger charge is -2.29. The Kier molecular flexibility index (Phi) is 5.76. The first-order chi connectivity index (χ1) is 13.0. The highest BCUT2D eigenvalue weighted by molar-refractivity contribution is 6.04. The first-order valence-electron chi connectivity index (χ1n) is 9.00. The third-order valence-electron chi connectivity index (χ3n) is 4.62. The van der Waals surface area contributed by atoms with Crippen LogP contribution in [0, 0.1) is 0 Å². The van der Waals surface area contributed by atoms with Crippen molar-refractivity contribution >= 4 is 23.2 Å². The zero-order valence-electron chi connectivity index (χ0n) is 15.9. The molecule has 2 aromatic rings. The van der Waals surface area contributed by atoms with E-state index in [-0.39, 0.29) is 30.8 Å². The average molecular weight is 367 g/mol. The molecule has 1 aliphatic heterocycles. The number of hydrogen-bond acceptors (Lipinski definition) is 4. The van der Waals surface area contributed by atoms with E-state index in [1.54, 1.807) is 12.0 Å². The van der Waals surface area contributed by atoms with Crippen LogP contribution in [0.5, 0.6) is 5.75 Å². The number of hydrogen-bond donors (Lipinski definition) is 1. The van der Waals surface area contributed by atoms with Crippen molar-refractivity contribution in [3.63, 3.8) is 0 Å². The molecule has 0 spiro atoms. The van der Waals surface area contributed by atoms with Crippen molar-refractivity contribution in [2.24, 2.45) is 0 Å². The maximum absolute atomic E-state index is 13.1. The monoisotopic (exact) mass is 367 g/mol. The number of carbonyl (C=O) groups is 2. The lowest BCUT2D eigenvalue weighted by atomic mass is 10.1. The highest BCUT2D eigenvalue weighted by atomic mass is 16.5. The molecule has 3 rings (SSSR count). The van der Waals surface area contributed by atoms with Crippen molar-refractivity contribution in [3.8, 4) is 5.75 Å². The van der Waals surface area contributed by atoms with Crippen molar-refractivity contribution < 1.29 is 14.3 Å². The van der Waals surface area contributed by atoms with Crippen LogP contribution in [0.4, 0.5) is 11.4 Å². The van der Waals surface area contributed by atoms with E-state index in [9.17, 15) is 9.59 Å². The summed E-state index contributed by atoms with van der Waals surface area (Å²) in [6, 6.07) is 15.0. The zero-order chi connectivity index (χ0) is 19.4. The molecular formula is C21H25N3O3. The molecule has 1 N–H and O–H groups in total. The van der Waals surface area contributed by atoms with Crippen molar-refractivity contribution in [2.75, 3.05) is 30.9 Å². The van der Waals surface area contributed by atoms with Gasteiger partial charge in [-0.05, 0) is 43.8 Å². The predicted octanol–water partition coefficient (Wildman–Crippen LogP) is 2.89. The summed E-state index contributed by atoms with van der Waals surface area (Å²) in [5, 5.41) is 2.88. The van der Waals surface area contributed by atoms with Gasteiger partial charge in [0.05, 0.1) is 25.0 Å². The summed E-state index contributed by atoms with van der Waals surface area (Å²) in [6.07, 6.45) is 0.278. The Labute approximate surface area is 159 Å². The standard InChI is InChI=1S/C21H25N3O3/c1-15-11-20(25)22-18-9-4-5-10-19(18)24(15)21(26)14-23(2)13-16-7-6-8-17(12-16)27-3/h4-10,12,15H,11,13-14H2,1-3H3,(H,22,25). The van der Waals surface area contributed by atoms with Crippen LogP contribution < -0.4 is 15.0 Å². The summed E-state index contributed by atoms with van der Waals surface area (Å²) in [7, 11) is 3.55. The molecule has 1 atom stereocenters. The van der Waals surface area contributed by atoms with Crippen LogP contribution in [0.2, 0.25) is 0 Å². The van der Waals surface area contributed by atoms with Crippen molar-refractivity contribution in [3.05, 3.63) is 54.1 Å². The number of ether oxygens (including phenoxy) is 1. The normalized spacial score (nSPS) is 16.5. The number of amides is 2. The second-order valence-corrected chi connectivity index (χ2v) is 6.91. The maximum Gasteiger partial charge on any atom is 0.241 e. The zero-order valence-corrected chi connectivity index (χ0v) is 15.9. The molecule has 1 unspecified atom stereocenters. The topological polar surface area (TPSA) is 61.9 Å². The quantitative estimate of drug-likeness (QED) is 0.883. The molecule has 0 radical (unpaired) electrons. The van der Waals surface area contributed by atoms with Crippen LogP contribution >= 0.6 is 0 Å². The minimum atomic E-state index is -0.202. The maximum atomic E-state index is 13.1. The fourth-order valence-corrected chi connectivity index (χ4v) is 3.41. The van der Waals surface area contributed by atoms with E-state index in [0.717, 1.165) is 17.0 Å². The Morgan fingerprint density at radius 2 is 2.04 bits per heavy atom. The first kappa shape index (κ1) is 18.9. The Balaban J connectivity index is 1.75. The van der Waals surface area contributed by atoms with Gasteiger partial charge in [0.15, 0.2) is 0 Å². The van der Waals surface area contributed by atoms with Gasteiger partial charge in [-0.25, -0.2) is 0 Å². The molecule has 1 aliphatic rings. The van der Waals surface area contributed by atoms with Gasteiger partial charge in [0.2, 0.25) is 11.8 Å². The number of rotatable bonds is 5. The number of carbonyl (C=O) groups excluding carboxylic acids is 2. The summed E-state index contributed by atoms with van der Waals surface area (Å²) in [5.74, 6) is 0.693. The average Bonchev–Trinajstić information content (AvgIpc) is 2.75. The summed E-state index contributed by atoms with van der Waals surface area (Å²) >= 11 is 0. The van der Waals surface area contributed by atoms with Gasteiger partial charge in [0, 0.05) is 19.0 Å². The summed E-state index contributed by atoms with van der Waals surface area (Å²) in [5.41, 5.74) is 2.50. The largest absolute Gasteiger partial charge is 0.497 e. The van der Waals surface area contributed by atoms with E-state index in [1.807, 2.05) is 67.4 Å². The number of likely N-dealkylation sites (N-methyl/N-ethyl adjacent to an activating group) is 1. The van der Waals surface area contributed by atoms with E-state index >= 15 is 0 Å². The highest BCUT2D eigenvalue weighted by Gasteiger charge is 2.29. The SMILES string of the molecule is COc1cccc(CN(C)CC(=O)N2c3ccccc3NC(=O)CC2C)c1. The van der Waals surface area contributed by atoms with Crippen LogP contribution in [0.15, 0.2) is 48.5 Å². The van der Waals surface area contributed by atoms with E-state index < -0.39 is 0 Å². The number of methoxy groups -OCH3 is 1. The van der Waals surface area contributed by atoms with Gasteiger partial charge in [0.1, 0.15) is 5.75 Å². The smallest absolute Gasteiger partial charge is 0.241 e. The van der Waals surface area contributed by atoms with Gasteiger partial charge >= 0.3 is 0 Å². The molecule has 2 amide bonds.